The molecule has 1 heterocycles. The fraction of sp³-hybridized carbons (Fsp3) is 0.900. The molecule has 0 aromatic carbocycles. The highest BCUT2D eigenvalue weighted by molar-refractivity contribution is 9.11. The van der Waals surface area contributed by atoms with Crippen LogP contribution >= 0.6 is 15.9 Å². The van der Waals surface area contributed by atoms with E-state index in [1.165, 1.54) is 32.1 Å². The molecule has 0 bridgehead atoms. The van der Waals surface area contributed by atoms with E-state index >= 15 is 0 Å². The second-order valence-corrected chi connectivity index (χ2v) is 9.19. The number of hydrogen-bond acceptors (Lipinski definition) is 1. The first-order valence-corrected chi connectivity index (χ1v) is 10.7. The highest BCUT2D eigenvalue weighted by Crippen LogP contribution is 2.59. The number of piperidine rings is 1. The maximum Gasteiger partial charge on any atom is 0.241 e. The van der Waals surface area contributed by atoms with Crippen LogP contribution in [0, 0.1) is 29.1 Å². The van der Waals surface area contributed by atoms with Gasteiger partial charge in [-0.3, -0.25) is 0 Å². The molecule has 0 aromatic rings. The molecule has 2 aliphatic carbocycles. The number of allylic oxidation sites excluding steroid dienone is 1. The van der Waals surface area contributed by atoms with Gasteiger partial charge in [0.15, 0.2) is 0 Å². The van der Waals surface area contributed by atoms with E-state index in [2.05, 4.69) is 39.7 Å². The van der Waals surface area contributed by atoms with Crippen LogP contribution in [-0.4, -0.2) is 31.0 Å². The van der Waals surface area contributed by atoms with E-state index in [9.17, 15) is 8.78 Å². The lowest BCUT2D eigenvalue weighted by molar-refractivity contribution is 0.0228. The fourth-order valence-corrected chi connectivity index (χ4v) is 6.62. The predicted octanol–water partition coefficient (Wildman–Crippen LogP) is 6.09. The molecule has 1 nitrogen and oxygen atoms in total. The van der Waals surface area contributed by atoms with Crippen molar-refractivity contribution in [1.29, 1.82) is 0 Å². The Kier molecular flexibility index (Phi) is 6.07. The summed E-state index contributed by atoms with van der Waals surface area (Å²) in [4.78, 5) is 4.64. The smallest absolute Gasteiger partial charge is 0.241 e. The molecule has 0 aromatic heterocycles. The first kappa shape index (κ1) is 18.8. The van der Waals surface area contributed by atoms with Crippen LogP contribution in [0.5, 0.6) is 0 Å². The van der Waals surface area contributed by atoms with Crippen molar-refractivity contribution in [2.45, 2.75) is 65.2 Å². The molecule has 2 saturated carbocycles. The topological polar surface area (TPSA) is 3.24 Å². The normalized spacial score (nSPS) is 38.7. The molecule has 0 spiro atoms. The predicted molar refractivity (Wildman–Crippen MR) is 99.5 cm³/mol. The van der Waals surface area contributed by atoms with E-state index in [4.69, 9.17) is 0 Å². The summed E-state index contributed by atoms with van der Waals surface area (Å²) in [6, 6.07) is 0. The summed E-state index contributed by atoms with van der Waals surface area (Å²) in [7, 11) is 0. The van der Waals surface area contributed by atoms with E-state index in [1.54, 1.807) is 5.57 Å². The molecule has 1 saturated heterocycles. The second-order valence-electron chi connectivity index (χ2n) is 8.73. The zero-order valence-electron chi connectivity index (χ0n) is 15.1. The highest BCUT2D eigenvalue weighted by Gasteiger charge is 2.50. The molecule has 3 rings (SSSR count). The maximum absolute atomic E-state index is 12.8. The van der Waals surface area contributed by atoms with Gasteiger partial charge in [0.25, 0.3) is 0 Å². The van der Waals surface area contributed by atoms with Crippen molar-refractivity contribution in [2.75, 3.05) is 19.6 Å². The third-order valence-corrected chi connectivity index (χ3v) is 7.99. The van der Waals surface area contributed by atoms with Crippen LogP contribution in [0.4, 0.5) is 8.78 Å². The van der Waals surface area contributed by atoms with Crippen molar-refractivity contribution in [3.05, 3.63) is 10.6 Å². The molecule has 4 heteroatoms. The summed E-state index contributed by atoms with van der Waals surface area (Å²) >= 11 is 3.59. The summed E-state index contributed by atoms with van der Waals surface area (Å²) in [5.41, 5.74) is 2.06. The standard InChI is InChI=1S/C20H32BrF2N/c1-14(13-24-10-7-15(8-11-24)19(22)23)17-5-6-18-16(12-21)4-3-9-20(17,18)2/h12,14-15,17-19H,3-11,13H2,1-2H3/b16-12+/t14-,17+,18-,20+/m0/s1. The zero-order chi connectivity index (χ0) is 17.3. The van der Waals surface area contributed by atoms with Gasteiger partial charge < -0.3 is 4.90 Å². The maximum atomic E-state index is 12.8. The van der Waals surface area contributed by atoms with Gasteiger partial charge in [-0.1, -0.05) is 35.4 Å². The molecular formula is C20H32BrF2N. The monoisotopic (exact) mass is 403 g/mol. The van der Waals surface area contributed by atoms with Crippen LogP contribution in [-0.2, 0) is 0 Å². The van der Waals surface area contributed by atoms with Crippen LogP contribution in [0.3, 0.4) is 0 Å². The van der Waals surface area contributed by atoms with Gasteiger partial charge in [-0.2, -0.15) is 0 Å². The lowest BCUT2D eigenvalue weighted by atomic mass is 9.61. The molecule has 24 heavy (non-hydrogen) atoms. The fourth-order valence-electron chi connectivity index (χ4n) is 6.07. The zero-order valence-corrected chi connectivity index (χ0v) is 16.7. The highest BCUT2D eigenvalue weighted by atomic mass is 79.9. The molecule has 0 radical (unpaired) electrons. The third-order valence-electron chi connectivity index (χ3n) is 7.40. The number of halogens is 3. The Morgan fingerprint density at radius 1 is 1.25 bits per heavy atom. The van der Waals surface area contributed by atoms with Gasteiger partial charge in [-0.05, 0) is 86.2 Å². The molecule has 3 aliphatic rings. The van der Waals surface area contributed by atoms with E-state index in [1.807, 2.05) is 0 Å². The molecule has 0 amide bonds. The number of nitrogens with zero attached hydrogens (tertiary/aromatic N) is 1. The Bertz CT molecular complexity index is 459. The minimum absolute atomic E-state index is 0.366. The van der Waals surface area contributed by atoms with Crippen molar-refractivity contribution in [2.24, 2.45) is 29.1 Å². The van der Waals surface area contributed by atoms with Crippen molar-refractivity contribution in [3.8, 4) is 0 Å². The Labute approximate surface area is 154 Å². The quantitative estimate of drug-likeness (QED) is 0.548. The Balaban J connectivity index is 1.59. The molecule has 3 fully saturated rings. The second kappa shape index (κ2) is 7.73. The van der Waals surface area contributed by atoms with E-state index in [0.717, 1.165) is 31.5 Å². The van der Waals surface area contributed by atoms with Crippen LogP contribution in [0.25, 0.3) is 0 Å². The van der Waals surface area contributed by atoms with Gasteiger partial charge in [-0.25, -0.2) is 8.78 Å². The van der Waals surface area contributed by atoms with Crippen LogP contribution in [0.15, 0.2) is 10.6 Å². The van der Waals surface area contributed by atoms with E-state index < -0.39 is 6.43 Å². The number of likely N-dealkylation sites (tertiary alicyclic amines) is 1. The number of fused-ring (bicyclic) bond motifs is 1. The van der Waals surface area contributed by atoms with Crippen molar-refractivity contribution >= 4 is 15.9 Å². The molecule has 0 unspecified atom stereocenters. The first-order valence-electron chi connectivity index (χ1n) is 9.75. The molecule has 4 atom stereocenters. The Hall–Kier alpha value is 0.0400. The minimum Gasteiger partial charge on any atom is -0.303 e. The summed E-state index contributed by atoms with van der Waals surface area (Å²) in [6.45, 7) is 7.74. The number of hydrogen-bond donors (Lipinski definition) is 0. The molecule has 138 valence electrons. The summed E-state index contributed by atoms with van der Waals surface area (Å²) in [6.07, 6.45) is 5.80. The van der Waals surface area contributed by atoms with E-state index in [0.29, 0.717) is 24.2 Å². The number of rotatable bonds is 4. The molecule has 1 aliphatic heterocycles. The first-order chi connectivity index (χ1) is 11.5. The van der Waals surface area contributed by atoms with Crippen LogP contribution in [0.1, 0.15) is 58.8 Å². The van der Waals surface area contributed by atoms with Gasteiger partial charge >= 0.3 is 0 Å². The van der Waals surface area contributed by atoms with Gasteiger partial charge in [-0.15, -0.1) is 0 Å². The van der Waals surface area contributed by atoms with Gasteiger partial charge in [0.2, 0.25) is 6.43 Å². The van der Waals surface area contributed by atoms with Crippen molar-refractivity contribution in [1.82, 2.24) is 4.90 Å². The molecular weight excluding hydrogens is 372 g/mol. The average molecular weight is 404 g/mol. The minimum atomic E-state index is -2.13. The summed E-state index contributed by atoms with van der Waals surface area (Å²) < 4.78 is 25.7. The lowest BCUT2D eigenvalue weighted by Crippen LogP contribution is -2.42. The van der Waals surface area contributed by atoms with Gasteiger partial charge in [0.05, 0.1) is 0 Å². The van der Waals surface area contributed by atoms with E-state index in [-0.39, 0.29) is 5.92 Å². The Morgan fingerprint density at radius 2 is 1.96 bits per heavy atom. The average Bonchev–Trinajstić information content (AvgIpc) is 2.92. The van der Waals surface area contributed by atoms with Crippen LogP contribution in [0.2, 0.25) is 0 Å². The number of alkyl halides is 2. The summed E-state index contributed by atoms with van der Waals surface area (Å²) in [5, 5.41) is 0. The largest absolute Gasteiger partial charge is 0.303 e. The Morgan fingerprint density at radius 3 is 2.58 bits per heavy atom. The van der Waals surface area contributed by atoms with Gasteiger partial charge in [0.1, 0.15) is 0 Å². The van der Waals surface area contributed by atoms with Crippen molar-refractivity contribution < 1.29 is 8.78 Å². The summed E-state index contributed by atoms with van der Waals surface area (Å²) in [5.74, 6) is 1.83. The lowest BCUT2D eigenvalue weighted by Gasteiger charge is -2.45. The third kappa shape index (κ3) is 3.60. The molecule has 0 N–H and O–H groups in total. The van der Waals surface area contributed by atoms with Gasteiger partial charge in [0, 0.05) is 12.5 Å². The van der Waals surface area contributed by atoms with Crippen molar-refractivity contribution in [3.63, 3.8) is 0 Å². The SMILES string of the molecule is C[C@@H](CN1CCC(C(F)F)CC1)[C@H]1CC[C@H]2/C(=C/Br)CCC[C@]12C. The van der Waals surface area contributed by atoms with Crippen LogP contribution < -0.4 is 0 Å².